The fourth-order valence-corrected chi connectivity index (χ4v) is 7.08. The Balaban J connectivity index is 4.13. The lowest BCUT2D eigenvalue weighted by molar-refractivity contribution is -0.154. The molecule has 0 aliphatic rings. The molecule has 0 aromatic carbocycles. The van der Waals surface area contributed by atoms with Crippen LogP contribution in [0.3, 0.4) is 0 Å². The van der Waals surface area contributed by atoms with Crippen LogP contribution in [0.25, 0.3) is 0 Å². The molecule has 53 heavy (non-hydrogen) atoms. The number of allylic oxidation sites excluding steroid dienone is 2. The fourth-order valence-electron chi connectivity index (χ4n) is 6.29. The highest BCUT2D eigenvalue weighted by Gasteiger charge is 2.26. The van der Waals surface area contributed by atoms with Crippen molar-refractivity contribution in [3.05, 3.63) is 12.2 Å². The molecule has 0 aromatic heterocycles. The molecule has 0 amide bonds. The molecule has 0 rings (SSSR count). The second-order valence-corrected chi connectivity index (χ2v) is 16.5. The van der Waals surface area contributed by atoms with Crippen LogP contribution in [0, 0.1) is 0 Å². The Hall–Kier alpha value is -0.800. The van der Waals surface area contributed by atoms with Gasteiger partial charge < -0.3 is 24.6 Å². The lowest BCUT2D eigenvalue weighted by atomic mass is 10.0. The third-order valence-corrected chi connectivity index (χ3v) is 10.7. The van der Waals surface area contributed by atoms with Crippen molar-refractivity contribution in [2.45, 2.75) is 225 Å². The number of esters is 1. The molecule has 3 unspecified atom stereocenters. The first-order chi connectivity index (χ1) is 25.8. The van der Waals surface area contributed by atoms with Crippen molar-refractivity contribution >= 4 is 13.8 Å². The van der Waals surface area contributed by atoms with Gasteiger partial charge in [-0.05, 0) is 38.5 Å². The quantitative estimate of drug-likeness (QED) is 0.0240. The van der Waals surface area contributed by atoms with Gasteiger partial charge in [-0.3, -0.25) is 13.8 Å². The minimum Gasteiger partial charge on any atom is -0.457 e. The molecule has 0 radical (unpaired) electrons. The normalized spacial score (nSPS) is 14.1. The standard InChI is InChI=1S/C43H85O9P/c1-3-5-7-9-11-13-15-17-19-20-22-24-26-28-30-32-34-36-49-39-42(40-51-53(47,48)50-38-41(45)37-44)52-43(46)35-33-31-29-27-25-23-21-18-16-14-12-10-8-6-4-2/h18,21,41-42,44-45H,3-17,19-20,22-40H2,1-2H3,(H,47,48)/b21-18-. The van der Waals surface area contributed by atoms with Gasteiger partial charge in [-0.1, -0.05) is 180 Å². The SMILES string of the molecule is CCCCCCCC/C=C\CCCCCCCC(=O)OC(COCCCCCCCCCCCCCCCCCCC)COP(=O)(O)OCC(O)CO. The monoisotopic (exact) mass is 777 g/mol. The summed E-state index contributed by atoms with van der Waals surface area (Å²) in [5.41, 5.74) is 0. The summed E-state index contributed by atoms with van der Waals surface area (Å²) in [5, 5.41) is 18.3. The van der Waals surface area contributed by atoms with Crippen molar-refractivity contribution in [1.29, 1.82) is 0 Å². The number of rotatable bonds is 43. The van der Waals surface area contributed by atoms with Crippen LogP contribution in [0.5, 0.6) is 0 Å². The molecule has 0 saturated carbocycles. The zero-order valence-corrected chi connectivity index (χ0v) is 35.4. The van der Waals surface area contributed by atoms with Gasteiger partial charge in [0.1, 0.15) is 12.2 Å². The first-order valence-corrected chi connectivity index (χ1v) is 23.7. The maximum atomic E-state index is 12.6. The van der Waals surface area contributed by atoms with Crippen molar-refractivity contribution in [2.75, 3.05) is 33.0 Å². The Morgan fingerprint density at radius 1 is 0.566 bits per heavy atom. The third-order valence-electron chi connectivity index (χ3n) is 9.70. The molecule has 0 aliphatic carbocycles. The molecule has 3 N–H and O–H groups in total. The Morgan fingerprint density at radius 3 is 1.42 bits per heavy atom. The van der Waals surface area contributed by atoms with Gasteiger partial charge in [0.2, 0.25) is 0 Å². The van der Waals surface area contributed by atoms with Crippen LogP contribution in [0.15, 0.2) is 12.2 Å². The van der Waals surface area contributed by atoms with Crippen LogP contribution in [0.1, 0.15) is 213 Å². The highest BCUT2D eigenvalue weighted by molar-refractivity contribution is 7.47. The summed E-state index contributed by atoms with van der Waals surface area (Å²) < 4.78 is 33.4. The topological polar surface area (TPSA) is 132 Å². The number of hydrogen-bond donors (Lipinski definition) is 3. The molecular weight excluding hydrogens is 691 g/mol. The second-order valence-electron chi connectivity index (χ2n) is 15.1. The van der Waals surface area contributed by atoms with Gasteiger partial charge in [0, 0.05) is 13.0 Å². The zero-order valence-electron chi connectivity index (χ0n) is 34.5. The van der Waals surface area contributed by atoms with E-state index in [0.29, 0.717) is 6.61 Å². The van der Waals surface area contributed by atoms with E-state index < -0.39 is 33.2 Å². The second kappa shape index (κ2) is 40.9. The number of ether oxygens (including phenoxy) is 2. The molecule has 0 fully saturated rings. The van der Waals surface area contributed by atoms with E-state index in [0.717, 1.165) is 51.4 Å². The lowest BCUT2D eigenvalue weighted by Gasteiger charge is -2.20. The van der Waals surface area contributed by atoms with E-state index in [9.17, 15) is 19.4 Å². The number of carbonyl (C=O) groups excluding carboxylic acids is 1. The summed E-state index contributed by atoms with van der Waals surface area (Å²) in [6, 6.07) is 0. The van der Waals surface area contributed by atoms with Gasteiger partial charge in [-0.2, -0.15) is 0 Å². The Bertz CT molecular complexity index is 841. The summed E-state index contributed by atoms with van der Waals surface area (Å²) in [6.45, 7) is 3.54. The van der Waals surface area contributed by atoms with Crippen LogP contribution >= 0.6 is 7.82 Å². The highest BCUT2D eigenvalue weighted by atomic mass is 31.2. The van der Waals surface area contributed by atoms with Crippen molar-refractivity contribution in [2.24, 2.45) is 0 Å². The largest absolute Gasteiger partial charge is 0.472 e. The Morgan fingerprint density at radius 2 is 0.962 bits per heavy atom. The van der Waals surface area contributed by atoms with Crippen LogP contribution in [-0.4, -0.2) is 66.3 Å². The maximum Gasteiger partial charge on any atom is 0.472 e. The predicted octanol–water partition coefficient (Wildman–Crippen LogP) is 12.1. The number of hydrogen-bond acceptors (Lipinski definition) is 8. The van der Waals surface area contributed by atoms with E-state index in [1.165, 1.54) is 141 Å². The maximum absolute atomic E-state index is 12.6. The number of phosphoric ester groups is 1. The summed E-state index contributed by atoms with van der Waals surface area (Å²) >= 11 is 0. The zero-order chi connectivity index (χ0) is 38.9. The Kier molecular flexibility index (Phi) is 40.2. The Labute approximate surface area is 326 Å². The van der Waals surface area contributed by atoms with Crippen molar-refractivity contribution < 1.29 is 43.0 Å². The molecule has 3 atom stereocenters. The number of aliphatic hydroxyl groups is 2. The summed E-state index contributed by atoms with van der Waals surface area (Å²) in [4.78, 5) is 22.6. The molecule has 0 saturated heterocycles. The molecule has 0 heterocycles. The van der Waals surface area contributed by atoms with E-state index in [2.05, 4.69) is 26.0 Å². The fraction of sp³-hybridized carbons (Fsp3) is 0.930. The molecule has 10 heteroatoms. The van der Waals surface area contributed by atoms with Crippen LogP contribution < -0.4 is 0 Å². The van der Waals surface area contributed by atoms with Gasteiger partial charge in [-0.25, -0.2) is 4.57 Å². The lowest BCUT2D eigenvalue weighted by Crippen LogP contribution is -2.29. The number of carbonyl (C=O) groups is 1. The first-order valence-electron chi connectivity index (χ1n) is 22.2. The van der Waals surface area contributed by atoms with Gasteiger partial charge in [0.05, 0.1) is 26.4 Å². The minimum atomic E-state index is -4.51. The molecule has 0 aromatic rings. The van der Waals surface area contributed by atoms with Crippen LogP contribution in [0.4, 0.5) is 0 Å². The van der Waals surface area contributed by atoms with Gasteiger partial charge >= 0.3 is 13.8 Å². The van der Waals surface area contributed by atoms with Crippen LogP contribution in [0.2, 0.25) is 0 Å². The van der Waals surface area contributed by atoms with Gasteiger partial charge in [-0.15, -0.1) is 0 Å². The van der Waals surface area contributed by atoms with E-state index >= 15 is 0 Å². The number of phosphoric acid groups is 1. The van der Waals surface area contributed by atoms with E-state index in [-0.39, 0.29) is 25.6 Å². The minimum absolute atomic E-state index is 0.0518. The predicted molar refractivity (Wildman–Crippen MR) is 219 cm³/mol. The molecule has 0 bridgehead atoms. The molecule has 316 valence electrons. The molecule has 0 aliphatic heterocycles. The number of unbranched alkanes of at least 4 members (excludes halogenated alkanes) is 27. The summed E-state index contributed by atoms with van der Waals surface area (Å²) in [5.74, 6) is -0.387. The summed E-state index contributed by atoms with van der Waals surface area (Å²) in [6.07, 6.45) is 40.2. The van der Waals surface area contributed by atoms with Crippen LogP contribution in [-0.2, 0) is 27.9 Å². The smallest absolute Gasteiger partial charge is 0.457 e. The average molecular weight is 777 g/mol. The number of aliphatic hydroxyl groups excluding tert-OH is 2. The van der Waals surface area contributed by atoms with E-state index in [4.69, 9.17) is 23.6 Å². The van der Waals surface area contributed by atoms with E-state index in [1.807, 2.05) is 0 Å². The molecule has 9 nitrogen and oxygen atoms in total. The first kappa shape index (κ1) is 52.2. The third kappa shape index (κ3) is 40.7. The summed E-state index contributed by atoms with van der Waals surface area (Å²) in [7, 11) is -4.51. The highest BCUT2D eigenvalue weighted by Crippen LogP contribution is 2.43. The van der Waals surface area contributed by atoms with E-state index in [1.54, 1.807) is 0 Å². The average Bonchev–Trinajstić information content (AvgIpc) is 3.15. The van der Waals surface area contributed by atoms with Crippen molar-refractivity contribution in [3.8, 4) is 0 Å². The van der Waals surface area contributed by atoms with Crippen molar-refractivity contribution in [3.63, 3.8) is 0 Å². The molecular formula is C43H85O9P. The van der Waals surface area contributed by atoms with Crippen molar-refractivity contribution in [1.82, 2.24) is 0 Å². The van der Waals surface area contributed by atoms with Gasteiger partial charge in [0.25, 0.3) is 0 Å². The van der Waals surface area contributed by atoms with Gasteiger partial charge in [0.15, 0.2) is 0 Å². The molecule has 0 spiro atoms.